The van der Waals surface area contributed by atoms with Crippen LogP contribution in [-0.2, 0) is 0 Å². The van der Waals surface area contributed by atoms with Gasteiger partial charge in [0.15, 0.2) is 0 Å². The molecule has 1 aromatic heterocycles. The number of nitrogens with one attached hydrogen (secondary N) is 2. The maximum absolute atomic E-state index is 10.7. The summed E-state index contributed by atoms with van der Waals surface area (Å²) in [5.74, 6) is 3.03. The summed E-state index contributed by atoms with van der Waals surface area (Å²) < 4.78 is 0. The summed E-state index contributed by atoms with van der Waals surface area (Å²) in [6.07, 6.45) is 7.01. The fourth-order valence-electron chi connectivity index (χ4n) is 0.728. The minimum atomic E-state index is -0.173. The molecule has 1 heterocycles. The van der Waals surface area contributed by atoms with Crippen molar-refractivity contribution in [2.24, 2.45) is 0 Å². The van der Waals surface area contributed by atoms with Crippen molar-refractivity contribution in [2.75, 3.05) is 11.9 Å². The molecular weight excluding hydrogens is 154 g/mol. The van der Waals surface area contributed by atoms with Gasteiger partial charge < -0.3 is 10.3 Å². The smallest absolute Gasteiger partial charge is 0.252 e. The first-order valence-corrected chi connectivity index (χ1v) is 3.55. The number of aromatic nitrogens is 2. The van der Waals surface area contributed by atoms with E-state index >= 15 is 0 Å². The number of aromatic amines is 1. The first kappa shape index (κ1) is 8.34. The van der Waals surface area contributed by atoms with Gasteiger partial charge in [0.2, 0.25) is 0 Å². The molecule has 0 spiro atoms. The van der Waals surface area contributed by atoms with Gasteiger partial charge in [0.1, 0.15) is 5.82 Å². The van der Waals surface area contributed by atoms with Gasteiger partial charge in [-0.1, -0.05) is 0 Å². The fraction of sp³-hybridized carbons (Fsp3) is 0.250. The van der Waals surface area contributed by atoms with E-state index in [1.807, 2.05) is 0 Å². The van der Waals surface area contributed by atoms with E-state index in [4.69, 9.17) is 6.42 Å². The molecule has 0 unspecified atom stereocenters. The summed E-state index contributed by atoms with van der Waals surface area (Å²) in [5, 5.41) is 2.91. The van der Waals surface area contributed by atoms with Crippen LogP contribution in [0.5, 0.6) is 0 Å². The summed E-state index contributed by atoms with van der Waals surface area (Å²) >= 11 is 0. The van der Waals surface area contributed by atoms with Gasteiger partial charge in [-0.25, -0.2) is 4.98 Å². The van der Waals surface area contributed by atoms with E-state index in [1.165, 1.54) is 12.4 Å². The lowest BCUT2D eigenvalue weighted by molar-refractivity contribution is 1.04. The number of nitrogens with zero attached hydrogens (tertiary/aromatic N) is 1. The van der Waals surface area contributed by atoms with Gasteiger partial charge in [-0.05, 0) is 0 Å². The van der Waals surface area contributed by atoms with Gasteiger partial charge >= 0.3 is 0 Å². The van der Waals surface area contributed by atoms with Gasteiger partial charge in [0.05, 0.1) is 6.33 Å². The van der Waals surface area contributed by atoms with Crippen molar-refractivity contribution in [3.05, 3.63) is 22.7 Å². The topological polar surface area (TPSA) is 57.8 Å². The van der Waals surface area contributed by atoms with Gasteiger partial charge in [0, 0.05) is 19.0 Å². The second-order valence-electron chi connectivity index (χ2n) is 2.18. The van der Waals surface area contributed by atoms with Crippen molar-refractivity contribution in [2.45, 2.75) is 6.42 Å². The zero-order valence-electron chi connectivity index (χ0n) is 6.50. The quantitative estimate of drug-likeness (QED) is 0.494. The molecule has 0 fully saturated rings. The molecule has 0 saturated heterocycles. The van der Waals surface area contributed by atoms with Crippen molar-refractivity contribution in [1.29, 1.82) is 0 Å². The number of rotatable bonds is 3. The third-order valence-electron chi connectivity index (χ3n) is 1.25. The number of H-pyrrole nitrogens is 1. The molecule has 1 rings (SSSR count). The van der Waals surface area contributed by atoms with Gasteiger partial charge in [-0.15, -0.1) is 12.3 Å². The number of hydrogen-bond acceptors (Lipinski definition) is 3. The maximum Gasteiger partial charge on any atom is 0.252 e. The zero-order valence-corrected chi connectivity index (χ0v) is 6.50. The SMILES string of the molecule is C#CCCNc1cc(=O)[nH]cn1. The van der Waals surface area contributed by atoms with Crippen molar-refractivity contribution < 1.29 is 0 Å². The molecule has 4 nitrogen and oxygen atoms in total. The van der Waals surface area contributed by atoms with E-state index in [1.54, 1.807) is 0 Å². The normalized spacial score (nSPS) is 8.92. The summed E-state index contributed by atoms with van der Waals surface area (Å²) in [5.41, 5.74) is -0.173. The van der Waals surface area contributed by atoms with E-state index in [-0.39, 0.29) is 5.56 Å². The molecule has 2 N–H and O–H groups in total. The van der Waals surface area contributed by atoms with Crippen LogP contribution in [0.3, 0.4) is 0 Å². The average molecular weight is 163 g/mol. The second kappa shape index (κ2) is 4.19. The molecule has 0 aromatic carbocycles. The lowest BCUT2D eigenvalue weighted by Gasteiger charge is -1.99. The van der Waals surface area contributed by atoms with Crippen LogP contribution in [0.25, 0.3) is 0 Å². The van der Waals surface area contributed by atoms with Gasteiger partial charge in [-0.2, -0.15) is 0 Å². The lowest BCUT2D eigenvalue weighted by atomic mass is 10.4. The fourth-order valence-corrected chi connectivity index (χ4v) is 0.728. The van der Waals surface area contributed by atoms with Gasteiger partial charge in [-0.3, -0.25) is 4.79 Å². The number of anilines is 1. The minimum absolute atomic E-state index is 0.173. The zero-order chi connectivity index (χ0) is 8.81. The van der Waals surface area contributed by atoms with Crippen LogP contribution in [0.1, 0.15) is 6.42 Å². The van der Waals surface area contributed by atoms with Gasteiger partial charge in [0.25, 0.3) is 5.56 Å². The monoisotopic (exact) mass is 163 g/mol. The number of hydrogen-bond donors (Lipinski definition) is 2. The standard InChI is InChI=1S/C8H9N3O/c1-2-3-4-9-7-5-8(12)11-6-10-7/h1,5-6H,3-4H2,(H2,9,10,11,12). The van der Waals surface area contributed by atoms with E-state index in [0.29, 0.717) is 18.8 Å². The third-order valence-corrected chi connectivity index (χ3v) is 1.25. The first-order valence-electron chi connectivity index (χ1n) is 3.55. The van der Waals surface area contributed by atoms with Crippen LogP contribution in [0.2, 0.25) is 0 Å². The highest BCUT2D eigenvalue weighted by Crippen LogP contribution is 1.93. The summed E-state index contributed by atoms with van der Waals surface area (Å²) in [4.78, 5) is 17.0. The highest BCUT2D eigenvalue weighted by Gasteiger charge is 1.91. The Morgan fingerprint density at radius 2 is 2.58 bits per heavy atom. The second-order valence-corrected chi connectivity index (χ2v) is 2.18. The highest BCUT2D eigenvalue weighted by atomic mass is 16.1. The van der Waals surface area contributed by atoms with E-state index < -0.39 is 0 Å². The molecule has 62 valence electrons. The molecule has 0 aliphatic heterocycles. The molecule has 12 heavy (non-hydrogen) atoms. The first-order chi connectivity index (χ1) is 5.83. The predicted octanol–water partition coefficient (Wildman–Crippen LogP) is 0.205. The summed E-state index contributed by atoms with van der Waals surface area (Å²) in [7, 11) is 0. The largest absolute Gasteiger partial charge is 0.369 e. The van der Waals surface area contributed by atoms with E-state index in [9.17, 15) is 4.79 Å². The third kappa shape index (κ3) is 2.46. The minimum Gasteiger partial charge on any atom is -0.369 e. The molecule has 1 aromatic rings. The molecule has 0 aliphatic carbocycles. The Hall–Kier alpha value is -1.76. The van der Waals surface area contributed by atoms with Crippen LogP contribution in [-0.4, -0.2) is 16.5 Å². The Morgan fingerprint density at radius 1 is 1.75 bits per heavy atom. The molecular formula is C8H9N3O. The molecule has 0 radical (unpaired) electrons. The predicted molar refractivity (Wildman–Crippen MR) is 46.8 cm³/mol. The molecule has 0 aliphatic rings. The molecule has 0 atom stereocenters. The maximum atomic E-state index is 10.7. The Morgan fingerprint density at radius 3 is 3.25 bits per heavy atom. The molecule has 4 heteroatoms. The van der Waals surface area contributed by atoms with Crippen LogP contribution in [0, 0.1) is 12.3 Å². The van der Waals surface area contributed by atoms with Crippen molar-refractivity contribution in [3.63, 3.8) is 0 Å². The van der Waals surface area contributed by atoms with Crippen LogP contribution >= 0.6 is 0 Å². The van der Waals surface area contributed by atoms with Crippen molar-refractivity contribution >= 4 is 5.82 Å². The Kier molecular flexibility index (Phi) is 2.91. The molecule has 0 bridgehead atoms. The molecule has 0 amide bonds. The van der Waals surface area contributed by atoms with Crippen molar-refractivity contribution in [1.82, 2.24) is 9.97 Å². The number of terminal acetylenes is 1. The van der Waals surface area contributed by atoms with E-state index in [2.05, 4.69) is 21.2 Å². The van der Waals surface area contributed by atoms with Crippen molar-refractivity contribution in [3.8, 4) is 12.3 Å². The van der Waals surface area contributed by atoms with Crippen LogP contribution in [0.15, 0.2) is 17.2 Å². The Balaban J connectivity index is 2.53. The lowest BCUT2D eigenvalue weighted by Crippen LogP contribution is -2.09. The average Bonchev–Trinajstić information content (AvgIpc) is 2.05. The van der Waals surface area contributed by atoms with Crippen LogP contribution in [0.4, 0.5) is 5.82 Å². The Bertz CT molecular complexity index is 337. The van der Waals surface area contributed by atoms with Crippen LogP contribution < -0.4 is 10.9 Å². The summed E-state index contributed by atoms with van der Waals surface area (Å²) in [6, 6.07) is 1.39. The van der Waals surface area contributed by atoms with E-state index in [0.717, 1.165) is 0 Å². The highest BCUT2D eigenvalue weighted by molar-refractivity contribution is 5.31. The molecule has 0 saturated carbocycles. The summed E-state index contributed by atoms with van der Waals surface area (Å²) in [6.45, 7) is 0.632. The Labute approximate surface area is 70.0 Å².